The van der Waals surface area contributed by atoms with Crippen LogP contribution in [0.4, 0.5) is 0 Å². The van der Waals surface area contributed by atoms with Gasteiger partial charge in [0.15, 0.2) is 0 Å². The number of imidazole rings is 1. The molecule has 1 aliphatic rings. The number of carbonyl (C=O) groups is 1. The summed E-state index contributed by atoms with van der Waals surface area (Å²) < 4.78 is 8.10. The van der Waals surface area contributed by atoms with E-state index in [0.29, 0.717) is 13.0 Å². The van der Waals surface area contributed by atoms with Gasteiger partial charge in [-0.05, 0) is 37.1 Å². The average molecular weight is 363 g/mol. The molecule has 0 spiro atoms. The molecular weight excluding hydrogens is 338 g/mol. The standard InChI is InChI=1S/C22H25N3O2/c1-24-16-17(15-21(24)26)22-23-19-11-5-6-12-20(19)25(22)13-7-8-14-27-18-9-3-2-4-10-18/h2-6,9-12,17H,7-8,13-16H2,1H3. The van der Waals surface area contributed by atoms with Crippen LogP contribution in [-0.4, -0.2) is 40.6 Å². The molecule has 0 N–H and O–H groups in total. The van der Waals surface area contributed by atoms with Crippen molar-refractivity contribution in [2.45, 2.75) is 31.7 Å². The maximum Gasteiger partial charge on any atom is 0.223 e. The number of benzene rings is 2. The van der Waals surface area contributed by atoms with E-state index >= 15 is 0 Å². The molecule has 2 aromatic carbocycles. The molecule has 0 bridgehead atoms. The zero-order valence-electron chi connectivity index (χ0n) is 15.7. The lowest BCUT2D eigenvalue weighted by molar-refractivity contribution is -0.126. The van der Waals surface area contributed by atoms with Crippen molar-refractivity contribution >= 4 is 16.9 Å². The Labute approximate surface area is 159 Å². The average Bonchev–Trinajstić information content (AvgIpc) is 3.22. The van der Waals surface area contributed by atoms with Crippen LogP contribution in [0.15, 0.2) is 54.6 Å². The first kappa shape index (κ1) is 17.6. The van der Waals surface area contributed by atoms with Crippen molar-refractivity contribution in [2.75, 3.05) is 20.2 Å². The van der Waals surface area contributed by atoms with Gasteiger partial charge in [-0.25, -0.2) is 4.98 Å². The topological polar surface area (TPSA) is 47.4 Å². The highest BCUT2D eigenvalue weighted by Crippen LogP contribution is 2.30. The number of likely N-dealkylation sites (N-methyl/N-ethyl adjacent to an activating group) is 1. The van der Waals surface area contributed by atoms with Gasteiger partial charge in [0.2, 0.25) is 5.91 Å². The first-order valence-electron chi connectivity index (χ1n) is 9.59. The summed E-state index contributed by atoms with van der Waals surface area (Å²) in [4.78, 5) is 18.7. The molecule has 0 radical (unpaired) electrons. The predicted molar refractivity (Wildman–Crippen MR) is 106 cm³/mol. The number of nitrogens with zero attached hydrogens (tertiary/aromatic N) is 3. The van der Waals surface area contributed by atoms with Crippen LogP contribution >= 0.6 is 0 Å². The van der Waals surface area contributed by atoms with Gasteiger partial charge in [-0.2, -0.15) is 0 Å². The van der Waals surface area contributed by atoms with Gasteiger partial charge in [0.25, 0.3) is 0 Å². The highest BCUT2D eigenvalue weighted by atomic mass is 16.5. The third-order valence-electron chi connectivity index (χ3n) is 5.18. The number of aromatic nitrogens is 2. The number of para-hydroxylation sites is 3. The van der Waals surface area contributed by atoms with Crippen molar-refractivity contribution in [1.82, 2.24) is 14.5 Å². The number of amides is 1. The van der Waals surface area contributed by atoms with Gasteiger partial charge in [-0.1, -0.05) is 30.3 Å². The summed E-state index contributed by atoms with van der Waals surface area (Å²) in [5.74, 6) is 2.34. The molecule has 0 saturated carbocycles. The number of fused-ring (bicyclic) bond motifs is 1. The van der Waals surface area contributed by atoms with Crippen LogP contribution in [-0.2, 0) is 11.3 Å². The first-order valence-corrected chi connectivity index (χ1v) is 9.59. The molecule has 1 atom stereocenters. The third kappa shape index (κ3) is 3.82. The van der Waals surface area contributed by atoms with Crippen molar-refractivity contribution in [1.29, 1.82) is 0 Å². The fourth-order valence-corrected chi connectivity index (χ4v) is 3.76. The summed E-state index contributed by atoms with van der Waals surface area (Å²) >= 11 is 0. The Morgan fingerprint density at radius 1 is 1.07 bits per heavy atom. The zero-order chi connectivity index (χ0) is 18.6. The van der Waals surface area contributed by atoms with E-state index in [-0.39, 0.29) is 11.8 Å². The lowest BCUT2D eigenvalue weighted by atomic mass is 10.1. The quantitative estimate of drug-likeness (QED) is 0.599. The summed E-state index contributed by atoms with van der Waals surface area (Å²) in [6.07, 6.45) is 2.54. The van der Waals surface area contributed by atoms with Crippen LogP contribution in [0.3, 0.4) is 0 Å². The van der Waals surface area contributed by atoms with E-state index in [9.17, 15) is 4.79 Å². The molecule has 1 saturated heterocycles. The number of hydrogen-bond acceptors (Lipinski definition) is 3. The van der Waals surface area contributed by atoms with Crippen molar-refractivity contribution < 1.29 is 9.53 Å². The Bertz CT molecular complexity index is 920. The summed E-state index contributed by atoms with van der Waals surface area (Å²) in [6.45, 7) is 2.35. The molecule has 5 heteroatoms. The number of likely N-dealkylation sites (tertiary alicyclic amines) is 1. The van der Waals surface area contributed by atoms with E-state index in [2.05, 4.69) is 16.7 Å². The molecule has 1 amide bonds. The van der Waals surface area contributed by atoms with Gasteiger partial charge in [0.1, 0.15) is 11.6 Å². The fourth-order valence-electron chi connectivity index (χ4n) is 3.76. The Kier molecular flexibility index (Phi) is 5.10. The van der Waals surface area contributed by atoms with Crippen molar-refractivity contribution in [3.05, 3.63) is 60.4 Å². The van der Waals surface area contributed by atoms with E-state index < -0.39 is 0 Å². The van der Waals surface area contributed by atoms with Crippen LogP contribution in [0.2, 0.25) is 0 Å². The second-order valence-electron chi connectivity index (χ2n) is 7.15. The lowest BCUT2D eigenvalue weighted by Crippen LogP contribution is -2.19. The minimum Gasteiger partial charge on any atom is -0.494 e. The van der Waals surface area contributed by atoms with Crippen LogP contribution in [0.5, 0.6) is 5.75 Å². The molecule has 140 valence electrons. The molecule has 5 nitrogen and oxygen atoms in total. The van der Waals surface area contributed by atoms with E-state index in [1.807, 2.05) is 54.4 Å². The van der Waals surface area contributed by atoms with Gasteiger partial charge in [-0.3, -0.25) is 4.79 Å². The van der Waals surface area contributed by atoms with E-state index in [1.54, 1.807) is 0 Å². The van der Waals surface area contributed by atoms with E-state index in [1.165, 1.54) is 0 Å². The van der Waals surface area contributed by atoms with Gasteiger partial charge in [0.05, 0.1) is 17.6 Å². The first-order chi connectivity index (χ1) is 13.2. The van der Waals surface area contributed by atoms with Crippen LogP contribution in [0.25, 0.3) is 11.0 Å². The molecule has 4 rings (SSSR count). The SMILES string of the molecule is CN1CC(c2nc3ccccc3n2CCCCOc2ccccc2)CC1=O. The van der Waals surface area contributed by atoms with E-state index in [4.69, 9.17) is 9.72 Å². The molecule has 1 fully saturated rings. The Hall–Kier alpha value is -2.82. The highest BCUT2D eigenvalue weighted by molar-refractivity contribution is 5.80. The Morgan fingerprint density at radius 2 is 1.85 bits per heavy atom. The van der Waals surface area contributed by atoms with Crippen LogP contribution < -0.4 is 4.74 Å². The normalized spacial score (nSPS) is 17.0. The maximum atomic E-state index is 12.0. The highest BCUT2D eigenvalue weighted by Gasteiger charge is 2.31. The largest absolute Gasteiger partial charge is 0.494 e. The summed E-state index contributed by atoms with van der Waals surface area (Å²) in [7, 11) is 1.87. The van der Waals surface area contributed by atoms with Gasteiger partial charge in [-0.15, -0.1) is 0 Å². The van der Waals surface area contributed by atoms with Crippen LogP contribution in [0, 0.1) is 0 Å². The van der Waals surface area contributed by atoms with Crippen LogP contribution in [0.1, 0.15) is 31.0 Å². The molecule has 1 unspecified atom stereocenters. The second-order valence-corrected chi connectivity index (χ2v) is 7.15. The number of aryl methyl sites for hydroxylation is 1. The second kappa shape index (κ2) is 7.82. The summed E-state index contributed by atoms with van der Waals surface area (Å²) in [5, 5.41) is 0. The number of hydrogen-bond donors (Lipinski definition) is 0. The number of rotatable bonds is 7. The van der Waals surface area contributed by atoms with Gasteiger partial charge >= 0.3 is 0 Å². The minimum absolute atomic E-state index is 0.176. The predicted octanol–water partition coefficient (Wildman–Crippen LogP) is 3.84. The fraction of sp³-hybridized carbons (Fsp3) is 0.364. The third-order valence-corrected chi connectivity index (χ3v) is 5.18. The van der Waals surface area contributed by atoms with Crippen molar-refractivity contribution in [2.24, 2.45) is 0 Å². The number of carbonyl (C=O) groups excluding carboxylic acids is 1. The molecule has 1 aliphatic heterocycles. The Balaban J connectivity index is 1.44. The minimum atomic E-state index is 0.176. The van der Waals surface area contributed by atoms with Gasteiger partial charge in [0, 0.05) is 32.5 Å². The zero-order valence-corrected chi connectivity index (χ0v) is 15.7. The lowest BCUT2D eigenvalue weighted by Gasteiger charge is -2.14. The maximum absolute atomic E-state index is 12.0. The number of unbranched alkanes of at least 4 members (excludes halogenated alkanes) is 1. The molecule has 2 heterocycles. The monoisotopic (exact) mass is 363 g/mol. The molecule has 0 aliphatic carbocycles. The van der Waals surface area contributed by atoms with E-state index in [0.717, 1.165) is 48.5 Å². The summed E-state index contributed by atoms with van der Waals surface area (Å²) in [6, 6.07) is 18.2. The smallest absolute Gasteiger partial charge is 0.223 e. The van der Waals surface area contributed by atoms with Gasteiger partial charge < -0.3 is 14.2 Å². The molecule has 27 heavy (non-hydrogen) atoms. The molecule has 1 aromatic heterocycles. The molecule has 3 aromatic rings. The molecular formula is C22H25N3O2. The van der Waals surface area contributed by atoms with Crippen molar-refractivity contribution in [3.63, 3.8) is 0 Å². The summed E-state index contributed by atoms with van der Waals surface area (Å²) in [5.41, 5.74) is 2.16. The van der Waals surface area contributed by atoms with Crippen molar-refractivity contribution in [3.8, 4) is 5.75 Å². The Morgan fingerprint density at radius 3 is 2.63 bits per heavy atom. The number of ether oxygens (including phenoxy) is 1.